The Balaban J connectivity index is 0.000000152. The van der Waals surface area contributed by atoms with Crippen LogP contribution in [0.25, 0.3) is 43.6 Å². The van der Waals surface area contributed by atoms with E-state index in [0.29, 0.717) is 53.9 Å². The number of thiophene rings is 2. The van der Waals surface area contributed by atoms with Crippen molar-refractivity contribution in [3.05, 3.63) is 105 Å². The summed E-state index contributed by atoms with van der Waals surface area (Å²) in [4.78, 5) is 41.2. The highest BCUT2D eigenvalue weighted by molar-refractivity contribution is 7.19. The number of pyridine rings is 2. The van der Waals surface area contributed by atoms with E-state index >= 15 is 0 Å². The largest absolute Gasteiger partial charge is 0.475 e. The molecule has 240 valence electrons. The van der Waals surface area contributed by atoms with Gasteiger partial charge in [0.25, 0.3) is 0 Å². The lowest BCUT2D eigenvalue weighted by molar-refractivity contribution is 0.0668. The Hall–Kier alpha value is -5.42. The van der Waals surface area contributed by atoms with Crippen LogP contribution in [0.2, 0.25) is 8.67 Å². The molecule has 0 aromatic carbocycles. The highest BCUT2D eigenvalue weighted by atomic mass is 35.5. The van der Waals surface area contributed by atoms with Crippen LogP contribution in [0.4, 0.5) is 0 Å². The van der Waals surface area contributed by atoms with Crippen molar-refractivity contribution in [2.24, 2.45) is 0 Å². The lowest BCUT2D eigenvalue weighted by atomic mass is 10.3. The van der Waals surface area contributed by atoms with E-state index in [1.165, 1.54) is 31.8 Å². The van der Waals surface area contributed by atoms with Crippen LogP contribution in [0.5, 0.6) is 0 Å². The van der Waals surface area contributed by atoms with Crippen LogP contribution in [0, 0.1) is 0 Å². The average molecular weight is 722 g/mol. The summed E-state index contributed by atoms with van der Waals surface area (Å²) in [7, 11) is 0. The monoisotopic (exact) mass is 720 g/mol. The van der Waals surface area contributed by atoms with Crippen molar-refractivity contribution in [3.8, 4) is 21.3 Å². The minimum atomic E-state index is -1.12. The van der Waals surface area contributed by atoms with Crippen LogP contribution < -0.4 is 0 Å². The molecule has 14 nitrogen and oxygen atoms in total. The van der Waals surface area contributed by atoms with Gasteiger partial charge in [0.05, 0.1) is 31.5 Å². The van der Waals surface area contributed by atoms with E-state index in [9.17, 15) is 19.8 Å². The Bertz CT molecular complexity index is 2270. The molecule has 0 atom stereocenters. The molecule has 0 aliphatic rings. The molecule has 2 N–H and O–H groups in total. The number of halogens is 2. The van der Waals surface area contributed by atoms with E-state index in [-0.39, 0.29) is 24.7 Å². The van der Waals surface area contributed by atoms with Crippen LogP contribution in [0.15, 0.2) is 82.1 Å². The molecule has 8 aromatic rings. The first-order valence-electron chi connectivity index (χ1n) is 13.7. The number of rotatable bonds is 8. The third-order valence-corrected chi connectivity index (χ3v) is 9.27. The second kappa shape index (κ2) is 13.0. The zero-order chi connectivity index (χ0) is 33.4. The highest BCUT2D eigenvalue weighted by Crippen LogP contribution is 2.33. The van der Waals surface area contributed by atoms with E-state index in [1.807, 2.05) is 12.1 Å². The van der Waals surface area contributed by atoms with Crippen molar-refractivity contribution < 1.29 is 28.8 Å². The third-order valence-electron chi connectivity index (χ3n) is 6.78. The molecule has 8 heterocycles. The summed E-state index contributed by atoms with van der Waals surface area (Å²) in [6, 6.07) is 17.6. The van der Waals surface area contributed by atoms with Crippen molar-refractivity contribution in [1.29, 1.82) is 0 Å². The molecule has 0 saturated carbocycles. The summed E-state index contributed by atoms with van der Waals surface area (Å²) in [5.74, 6) is -1.27. The zero-order valence-electron chi connectivity index (χ0n) is 24.0. The zero-order valence-corrected chi connectivity index (χ0v) is 27.2. The summed E-state index contributed by atoms with van der Waals surface area (Å²) in [6.45, 7) is 0.384. The average Bonchev–Trinajstić information content (AvgIpc) is 3.92. The first-order valence-corrected chi connectivity index (χ1v) is 16.1. The molecule has 0 saturated heterocycles. The molecule has 8 aromatic heterocycles. The smallest absolute Gasteiger partial charge is 0.372 e. The summed E-state index contributed by atoms with van der Waals surface area (Å²) in [6.07, 6.45) is 3.18. The van der Waals surface area contributed by atoms with Gasteiger partial charge in [-0.15, -0.1) is 22.7 Å². The predicted molar refractivity (Wildman–Crippen MR) is 177 cm³/mol. The maximum Gasteiger partial charge on any atom is 0.372 e. The van der Waals surface area contributed by atoms with Crippen LogP contribution >= 0.6 is 45.9 Å². The molecule has 48 heavy (non-hydrogen) atoms. The molecule has 0 amide bonds. The van der Waals surface area contributed by atoms with Gasteiger partial charge in [0.2, 0.25) is 11.6 Å². The Morgan fingerprint density at radius 1 is 0.688 bits per heavy atom. The minimum Gasteiger partial charge on any atom is -0.475 e. The number of aromatic nitrogens is 8. The van der Waals surface area contributed by atoms with Gasteiger partial charge in [0, 0.05) is 24.5 Å². The Morgan fingerprint density at radius 3 is 1.50 bits per heavy atom. The Labute approximate surface area is 286 Å². The third kappa shape index (κ3) is 6.28. The highest BCUT2D eigenvalue weighted by Gasteiger charge is 2.21. The van der Waals surface area contributed by atoms with Crippen LogP contribution in [0.1, 0.15) is 32.6 Å². The molecule has 0 radical (unpaired) electrons. The van der Waals surface area contributed by atoms with Crippen molar-refractivity contribution in [3.63, 3.8) is 0 Å². The van der Waals surface area contributed by atoms with Gasteiger partial charge in [-0.05, 0) is 48.5 Å². The predicted octanol–water partition coefficient (Wildman–Crippen LogP) is 7.10. The second-order valence-electron chi connectivity index (χ2n) is 9.92. The molecular formula is C30H18Cl2N8O6S2. The van der Waals surface area contributed by atoms with Crippen LogP contribution in [-0.4, -0.2) is 61.5 Å². The van der Waals surface area contributed by atoms with Gasteiger partial charge in [0.1, 0.15) is 22.4 Å². The molecule has 8 rings (SSSR count). The molecule has 0 aliphatic heterocycles. The van der Waals surface area contributed by atoms with Crippen molar-refractivity contribution in [2.75, 3.05) is 0 Å². The number of hydrogen-bond donors (Lipinski definition) is 2. The molecule has 0 fully saturated rings. The topological polar surface area (TPSA) is 188 Å². The van der Waals surface area contributed by atoms with Gasteiger partial charge >= 0.3 is 11.9 Å². The van der Waals surface area contributed by atoms with Crippen LogP contribution in [0.3, 0.4) is 0 Å². The fourth-order valence-electron chi connectivity index (χ4n) is 4.77. The number of carboxylic acids is 2. The molecule has 0 unspecified atom stereocenters. The Morgan fingerprint density at radius 2 is 1.12 bits per heavy atom. The van der Waals surface area contributed by atoms with E-state index in [1.54, 1.807) is 60.9 Å². The van der Waals surface area contributed by atoms with E-state index < -0.39 is 11.9 Å². The summed E-state index contributed by atoms with van der Waals surface area (Å²) in [5, 5.41) is 26.7. The first-order chi connectivity index (χ1) is 23.2. The lowest BCUT2D eigenvalue weighted by Gasteiger charge is -2.02. The normalized spacial score (nSPS) is 11.2. The summed E-state index contributed by atoms with van der Waals surface area (Å²) >= 11 is 14.6. The maximum atomic E-state index is 11.4. The number of fused-ring (bicyclic) bond motifs is 2. The lowest BCUT2D eigenvalue weighted by Crippen LogP contribution is -2.11. The van der Waals surface area contributed by atoms with Crippen molar-refractivity contribution >= 4 is 80.1 Å². The van der Waals surface area contributed by atoms with Crippen molar-refractivity contribution in [2.45, 2.75) is 13.1 Å². The standard InChI is InChI=1S/2C15H9ClN4O3S/c2*16-12-4-3-11(24-12)10-6-8(19-23-10)7-20-13-9(2-1-5-17-13)18-14(20)15(21)22/h2*1-6H,7H2,(H,21,22). The maximum absolute atomic E-state index is 11.4. The SMILES string of the molecule is O=C(O)c1nc2cccnc2n1Cc1cc(-c2ccc(Cl)s2)on1.O=C(O)c1nc2cccnc2n1Cc1cc(-c2ccc(Cl)s2)on1. The quantitative estimate of drug-likeness (QED) is 0.162. The summed E-state index contributed by atoms with van der Waals surface area (Å²) < 4.78 is 15.0. The van der Waals surface area contributed by atoms with Gasteiger partial charge in [-0.3, -0.25) is 9.13 Å². The van der Waals surface area contributed by atoms with Gasteiger partial charge in [-0.2, -0.15) is 0 Å². The molecular weight excluding hydrogens is 703 g/mol. The van der Waals surface area contributed by atoms with Gasteiger partial charge in [-0.25, -0.2) is 29.5 Å². The number of carboxylic acid groups (broad SMARTS) is 2. The van der Waals surface area contributed by atoms with E-state index in [2.05, 4.69) is 30.2 Å². The minimum absolute atomic E-state index is 0.0904. The second-order valence-corrected chi connectivity index (χ2v) is 13.3. The van der Waals surface area contributed by atoms with Gasteiger partial charge < -0.3 is 19.3 Å². The van der Waals surface area contributed by atoms with Gasteiger partial charge in [0.15, 0.2) is 22.8 Å². The number of carbonyl (C=O) groups is 2. The number of imidazole rings is 2. The fraction of sp³-hybridized carbons (Fsp3) is 0.0667. The molecule has 18 heteroatoms. The number of nitrogens with zero attached hydrogens (tertiary/aromatic N) is 8. The fourth-order valence-corrected chi connectivity index (χ4v) is 6.75. The Kier molecular flexibility index (Phi) is 8.45. The van der Waals surface area contributed by atoms with Crippen LogP contribution in [-0.2, 0) is 13.1 Å². The summed E-state index contributed by atoms with van der Waals surface area (Å²) in [5.41, 5.74) is 3.15. The molecule has 0 spiro atoms. The van der Waals surface area contributed by atoms with E-state index in [4.69, 9.17) is 32.2 Å². The number of hydrogen-bond acceptors (Lipinski definition) is 12. The van der Waals surface area contributed by atoms with E-state index in [0.717, 1.165) is 9.75 Å². The molecule has 0 bridgehead atoms. The van der Waals surface area contributed by atoms with Gasteiger partial charge in [-0.1, -0.05) is 33.5 Å². The van der Waals surface area contributed by atoms with Crippen molar-refractivity contribution in [1.82, 2.24) is 39.4 Å². The molecule has 0 aliphatic carbocycles. The first kappa shape index (κ1) is 31.2. The number of aromatic carboxylic acids is 2.